The average molecular weight is 287 g/mol. The Balaban J connectivity index is 1.87. The lowest BCUT2D eigenvalue weighted by Gasteiger charge is -2.12. The van der Waals surface area contributed by atoms with Crippen LogP contribution in [-0.4, -0.2) is 34.0 Å². The zero-order chi connectivity index (χ0) is 15.1. The Labute approximate surface area is 124 Å². The highest BCUT2D eigenvalue weighted by molar-refractivity contribution is 5.99. The maximum atomic E-state index is 12.2. The van der Waals surface area contributed by atoms with E-state index < -0.39 is 0 Å². The molecule has 0 saturated carbocycles. The van der Waals surface area contributed by atoms with Crippen LogP contribution in [0.5, 0.6) is 0 Å². The van der Waals surface area contributed by atoms with E-state index >= 15 is 0 Å². The van der Waals surface area contributed by atoms with Gasteiger partial charge in [-0.2, -0.15) is 0 Å². The molecule has 0 aliphatic heterocycles. The Hall–Kier alpha value is -2.37. The molecule has 112 valence electrons. The second-order valence-electron chi connectivity index (χ2n) is 4.85. The summed E-state index contributed by atoms with van der Waals surface area (Å²) in [4.78, 5) is 12.2. The van der Waals surface area contributed by atoms with Crippen LogP contribution in [-0.2, 0) is 6.54 Å². The first-order valence-corrected chi connectivity index (χ1v) is 7.17. The highest BCUT2D eigenvalue weighted by Gasteiger charge is 2.10. The molecule has 0 radical (unpaired) electrons. The van der Waals surface area contributed by atoms with Crippen LogP contribution < -0.4 is 10.6 Å². The fourth-order valence-corrected chi connectivity index (χ4v) is 2.08. The molecule has 0 aliphatic carbocycles. The molecular weight excluding hydrogens is 266 g/mol. The molecule has 21 heavy (non-hydrogen) atoms. The molecule has 2 N–H and O–H groups in total. The van der Waals surface area contributed by atoms with Crippen LogP contribution in [0.2, 0.25) is 0 Å². The fourth-order valence-electron chi connectivity index (χ4n) is 2.08. The molecule has 0 fully saturated rings. The van der Waals surface area contributed by atoms with Gasteiger partial charge in [0.15, 0.2) is 0 Å². The molecule has 2 aromatic rings. The van der Waals surface area contributed by atoms with Crippen molar-refractivity contribution in [2.24, 2.45) is 0 Å². The molecule has 1 aromatic carbocycles. The number of aryl methyl sites for hydroxylation is 2. The van der Waals surface area contributed by atoms with Crippen molar-refractivity contribution < 1.29 is 4.79 Å². The van der Waals surface area contributed by atoms with Gasteiger partial charge in [-0.05, 0) is 38.0 Å². The molecule has 1 heterocycles. The standard InChI is InChI=1S/C15H21N5O/c1-3-16-14-11-12(2)5-6-13(14)15(21)17-7-4-9-20-10-8-18-19-20/h5-6,8,10-11,16H,3-4,7,9H2,1-2H3,(H,17,21). The second kappa shape index (κ2) is 7.42. The average Bonchev–Trinajstić information content (AvgIpc) is 2.97. The van der Waals surface area contributed by atoms with Crippen LogP contribution in [0.4, 0.5) is 5.69 Å². The summed E-state index contributed by atoms with van der Waals surface area (Å²) in [6, 6.07) is 5.80. The van der Waals surface area contributed by atoms with Gasteiger partial charge in [0.05, 0.1) is 11.8 Å². The van der Waals surface area contributed by atoms with Gasteiger partial charge in [-0.15, -0.1) is 5.10 Å². The molecule has 6 nitrogen and oxygen atoms in total. The first-order valence-electron chi connectivity index (χ1n) is 7.17. The zero-order valence-electron chi connectivity index (χ0n) is 12.5. The number of nitrogens with one attached hydrogen (secondary N) is 2. The van der Waals surface area contributed by atoms with Crippen molar-refractivity contribution in [1.82, 2.24) is 20.3 Å². The molecule has 0 saturated heterocycles. The summed E-state index contributed by atoms with van der Waals surface area (Å²) in [7, 11) is 0. The van der Waals surface area contributed by atoms with Crippen LogP contribution in [0.3, 0.4) is 0 Å². The third-order valence-corrected chi connectivity index (χ3v) is 3.11. The lowest BCUT2D eigenvalue weighted by atomic mass is 10.1. The number of benzene rings is 1. The van der Waals surface area contributed by atoms with E-state index in [1.807, 2.05) is 38.2 Å². The summed E-state index contributed by atoms with van der Waals surface area (Å²) in [5, 5.41) is 13.8. The van der Waals surface area contributed by atoms with Crippen molar-refractivity contribution in [3.05, 3.63) is 41.7 Å². The quantitative estimate of drug-likeness (QED) is 0.762. The van der Waals surface area contributed by atoms with Gasteiger partial charge in [-0.25, -0.2) is 0 Å². The first-order chi connectivity index (χ1) is 10.2. The lowest BCUT2D eigenvalue weighted by Crippen LogP contribution is -2.26. The van der Waals surface area contributed by atoms with Gasteiger partial charge in [-0.3, -0.25) is 9.48 Å². The molecular formula is C15H21N5O. The number of amides is 1. The highest BCUT2D eigenvalue weighted by atomic mass is 16.1. The maximum absolute atomic E-state index is 12.2. The summed E-state index contributed by atoms with van der Waals surface area (Å²) in [5.41, 5.74) is 2.70. The van der Waals surface area contributed by atoms with E-state index in [0.29, 0.717) is 12.1 Å². The number of rotatable bonds is 7. The van der Waals surface area contributed by atoms with Crippen molar-refractivity contribution in [1.29, 1.82) is 0 Å². The van der Waals surface area contributed by atoms with Gasteiger partial charge in [0.1, 0.15) is 0 Å². The van der Waals surface area contributed by atoms with Gasteiger partial charge in [-0.1, -0.05) is 11.3 Å². The highest BCUT2D eigenvalue weighted by Crippen LogP contribution is 2.17. The predicted molar refractivity (Wildman–Crippen MR) is 82.3 cm³/mol. The number of hydrogen-bond acceptors (Lipinski definition) is 4. The van der Waals surface area contributed by atoms with E-state index in [2.05, 4.69) is 20.9 Å². The predicted octanol–water partition coefficient (Wildman–Crippen LogP) is 1.84. The Morgan fingerprint density at radius 1 is 1.38 bits per heavy atom. The summed E-state index contributed by atoms with van der Waals surface area (Å²) in [6.07, 6.45) is 4.27. The Bertz CT molecular complexity index is 580. The third-order valence-electron chi connectivity index (χ3n) is 3.11. The van der Waals surface area contributed by atoms with Crippen molar-refractivity contribution in [3.63, 3.8) is 0 Å². The smallest absolute Gasteiger partial charge is 0.253 e. The van der Waals surface area contributed by atoms with Crippen LogP contribution in [0, 0.1) is 6.92 Å². The molecule has 1 amide bonds. The Kier molecular flexibility index (Phi) is 5.31. The summed E-state index contributed by atoms with van der Waals surface area (Å²) < 4.78 is 1.75. The molecule has 0 atom stereocenters. The molecule has 0 aliphatic rings. The number of carbonyl (C=O) groups excluding carboxylic acids is 1. The lowest BCUT2D eigenvalue weighted by molar-refractivity contribution is 0.0953. The van der Waals surface area contributed by atoms with E-state index in [4.69, 9.17) is 0 Å². The third kappa shape index (κ3) is 4.30. The molecule has 0 spiro atoms. The minimum absolute atomic E-state index is 0.0514. The monoisotopic (exact) mass is 287 g/mol. The minimum Gasteiger partial charge on any atom is -0.385 e. The number of hydrogen-bond donors (Lipinski definition) is 2. The molecule has 1 aromatic heterocycles. The van der Waals surface area contributed by atoms with Crippen LogP contribution in [0.15, 0.2) is 30.6 Å². The van der Waals surface area contributed by atoms with Gasteiger partial charge < -0.3 is 10.6 Å². The minimum atomic E-state index is -0.0514. The van der Waals surface area contributed by atoms with Crippen molar-refractivity contribution >= 4 is 11.6 Å². The van der Waals surface area contributed by atoms with Crippen LogP contribution in [0.25, 0.3) is 0 Å². The molecule has 2 rings (SSSR count). The first kappa shape index (κ1) is 15.0. The van der Waals surface area contributed by atoms with E-state index in [9.17, 15) is 4.79 Å². The van der Waals surface area contributed by atoms with Gasteiger partial charge in [0.2, 0.25) is 0 Å². The molecule has 6 heteroatoms. The SMILES string of the molecule is CCNc1cc(C)ccc1C(=O)NCCCn1ccnn1. The topological polar surface area (TPSA) is 71.8 Å². The fraction of sp³-hybridized carbons (Fsp3) is 0.400. The largest absolute Gasteiger partial charge is 0.385 e. The van der Waals surface area contributed by atoms with Crippen LogP contribution >= 0.6 is 0 Å². The summed E-state index contributed by atoms with van der Waals surface area (Å²) >= 11 is 0. The van der Waals surface area contributed by atoms with Gasteiger partial charge in [0.25, 0.3) is 5.91 Å². The zero-order valence-corrected chi connectivity index (χ0v) is 12.5. The molecule has 0 unspecified atom stereocenters. The van der Waals surface area contributed by atoms with Crippen molar-refractivity contribution in [2.45, 2.75) is 26.8 Å². The van der Waals surface area contributed by atoms with E-state index in [1.165, 1.54) is 0 Å². The number of aromatic nitrogens is 3. The van der Waals surface area contributed by atoms with Crippen LogP contribution in [0.1, 0.15) is 29.3 Å². The van der Waals surface area contributed by atoms with Crippen molar-refractivity contribution in [2.75, 3.05) is 18.4 Å². The normalized spacial score (nSPS) is 10.4. The van der Waals surface area contributed by atoms with Gasteiger partial charge in [0, 0.05) is 31.5 Å². The Morgan fingerprint density at radius 2 is 2.24 bits per heavy atom. The van der Waals surface area contributed by atoms with E-state index in [0.717, 1.165) is 30.8 Å². The molecule has 0 bridgehead atoms. The maximum Gasteiger partial charge on any atom is 0.253 e. The number of anilines is 1. The second-order valence-corrected chi connectivity index (χ2v) is 4.85. The van der Waals surface area contributed by atoms with E-state index in [-0.39, 0.29) is 5.91 Å². The van der Waals surface area contributed by atoms with Crippen molar-refractivity contribution in [3.8, 4) is 0 Å². The summed E-state index contributed by atoms with van der Waals surface area (Å²) in [6.45, 7) is 6.17. The number of carbonyl (C=O) groups is 1. The van der Waals surface area contributed by atoms with Gasteiger partial charge >= 0.3 is 0 Å². The Morgan fingerprint density at radius 3 is 2.95 bits per heavy atom. The van der Waals surface area contributed by atoms with E-state index in [1.54, 1.807) is 10.9 Å². The summed E-state index contributed by atoms with van der Waals surface area (Å²) in [5.74, 6) is -0.0514. The number of nitrogens with zero attached hydrogens (tertiary/aromatic N) is 3.